The molecule has 2 N–H and O–H groups in total. The van der Waals surface area contributed by atoms with Crippen molar-refractivity contribution < 1.29 is 14.3 Å². The third kappa shape index (κ3) is 4.63. The minimum absolute atomic E-state index is 0.0589. The molecule has 1 aliphatic rings. The van der Waals surface area contributed by atoms with E-state index in [1.807, 2.05) is 25.2 Å². The minimum Gasteiger partial charge on any atom is -0.497 e. The summed E-state index contributed by atoms with van der Waals surface area (Å²) in [6.07, 6.45) is 2.58. The van der Waals surface area contributed by atoms with E-state index < -0.39 is 0 Å². The Morgan fingerprint density at radius 2 is 2.19 bits per heavy atom. The molecular formula is C16H24N2O3. The van der Waals surface area contributed by atoms with Crippen molar-refractivity contribution in [2.24, 2.45) is 0 Å². The zero-order valence-electron chi connectivity index (χ0n) is 12.9. The van der Waals surface area contributed by atoms with Gasteiger partial charge < -0.3 is 20.1 Å². The van der Waals surface area contributed by atoms with Gasteiger partial charge in [-0.15, -0.1) is 0 Å². The Kier molecular flexibility index (Phi) is 5.44. The van der Waals surface area contributed by atoms with E-state index in [0.29, 0.717) is 19.1 Å². The maximum absolute atomic E-state index is 11.7. The topological polar surface area (TPSA) is 59.6 Å². The summed E-state index contributed by atoms with van der Waals surface area (Å²) in [5.74, 6) is 1.57. The number of ether oxygens (including phenoxy) is 2. The Balaban J connectivity index is 1.94. The van der Waals surface area contributed by atoms with Gasteiger partial charge in [-0.1, -0.05) is 6.07 Å². The maximum Gasteiger partial charge on any atom is 0.223 e. The average Bonchev–Trinajstić information content (AvgIpc) is 3.30. The van der Waals surface area contributed by atoms with Crippen LogP contribution in [0.3, 0.4) is 0 Å². The molecule has 0 aromatic heterocycles. The monoisotopic (exact) mass is 292 g/mol. The Morgan fingerprint density at radius 1 is 1.43 bits per heavy atom. The molecule has 2 rings (SSSR count). The lowest BCUT2D eigenvalue weighted by Crippen LogP contribution is -2.26. The summed E-state index contributed by atoms with van der Waals surface area (Å²) >= 11 is 0. The number of hydrogen-bond donors (Lipinski definition) is 2. The van der Waals surface area contributed by atoms with Crippen LogP contribution in [0.15, 0.2) is 18.2 Å². The van der Waals surface area contributed by atoms with Crippen LogP contribution in [-0.2, 0) is 4.79 Å². The summed E-state index contributed by atoms with van der Waals surface area (Å²) in [6, 6.07) is 6.33. The largest absolute Gasteiger partial charge is 0.497 e. The lowest BCUT2D eigenvalue weighted by atomic mass is 10.1. The molecule has 0 bridgehead atoms. The predicted molar refractivity (Wildman–Crippen MR) is 81.7 cm³/mol. The van der Waals surface area contributed by atoms with Crippen molar-refractivity contribution in [2.45, 2.75) is 38.3 Å². The molecule has 5 nitrogen and oxygen atoms in total. The standard InChI is InChI=1S/C16H24N2O3/c1-11(17-2)14-7-6-13(20-3)10-15(14)21-9-8-16(19)18-12-4-5-12/h6-7,10-12,17H,4-5,8-9H2,1-3H3,(H,18,19). The molecule has 116 valence electrons. The smallest absolute Gasteiger partial charge is 0.223 e. The SMILES string of the molecule is CNC(C)c1ccc(OC)cc1OCCC(=O)NC1CC1. The second kappa shape index (κ2) is 7.31. The van der Waals surface area contributed by atoms with Gasteiger partial charge in [-0.3, -0.25) is 4.79 Å². The van der Waals surface area contributed by atoms with Crippen LogP contribution >= 0.6 is 0 Å². The number of nitrogens with one attached hydrogen (secondary N) is 2. The highest BCUT2D eigenvalue weighted by atomic mass is 16.5. The fourth-order valence-corrected chi connectivity index (χ4v) is 2.06. The third-order valence-electron chi connectivity index (χ3n) is 3.65. The van der Waals surface area contributed by atoms with E-state index >= 15 is 0 Å². The van der Waals surface area contributed by atoms with E-state index in [-0.39, 0.29) is 11.9 Å². The molecule has 0 aliphatic heterocycles. The van der Waals surface area contributed by atoms with Crippen LogP contribution in [0.25, 0.3) is 0 Å². The van der Waals surface area contributed by atoms with Crippen LogP contribution in [0, 0.1) is 0 Å². The van der Waals surface area contributed by atoms with Crippen LogP contribution < -0.4 is 20.1 Å². The predicted octanol–water partition coefficient (Wildman–Crippen LogP) is 2.02. The van der Waals surface area contributed by atoms with Crippen molar-refractivity contribution in [1.29, 1.82) is 0 Å². The van der Waals surface area contributed by atoms with Crippen molar-refractivity contribution in [3.63, 3.8) is 0 Å². The normalized spacial score (nSPS) is 15.4. The van der Waals surface area contributed by atoms with E-state index in [1.54, 1.807) is 7.11 Å². The Morgan fingerprint density at radius 3 is 2.81 bits per heavy atom. The van der Waals surface area contributed by atoms with Crippen LogP contribution in [-0.4, -0.2) is 32.7 Å². The molecule has 0 spiro atoms. The summed E-state index contributed by atoms with van der Waals surface area (Å²) in [4.78, 5) is 11.7. The molecule has 1 unspecified atom stereocenters. The first-order valence-corrected chi connectivity index (χ1v) is 7.41. The van der Waals surface area contributed by atoms with Gasteiger partial charge in [0.05, 0.1) is 20.1 Å². The van der Waals surface area contributed by atoms with Gasteiger partial charge >= 0.3 is 0 Å². The first kappa shape index (κ1) is 15.6. The fourth-order valence-electron chi connectivity index (χ4n) is 2.06. The number of carbonyl (C=O) groups is 1. The van der Waals surface area contributed by atoms with Gasteiger partial charge in [0.1, 0.15) is 11.5 Å². The van der Waals surface area contributed by atoms with Gasteiger partial charge in [0.25, 0.3) is 0 Å². The van der Waals surface area contributed by atoms with Crippen molar-refractivity contribution >= 4 is 5.91 Å². The van der Waals surface area contributed by atoms with E-state index in [1.165, 1.54) is 0 Å². The van der Waals surface area contributed by atoms with Crippen molar-refractivity contribution in [3.8, 4) is 11.5 Å². The van der Waals surface area contributed by atoms with Gasteiger partial charge in [0.15, 0.2) is 0 Å². The molecule has 1 amide bonds. The molecule has 0 heterocycles. The Hall–Kier alpha value is -1.75. The molecule has 21 heavy (non-hydrogen) atoms. The lowest BCUT2D eigenvalue weighted by Gasteiger charge is -2.17. The van der Waals surface area contributed by atoms with Gasteiger partial charge in [0.2, 0.25) is 5.91 Å². The first-order chi connectivity index (χ1) is 10.1. The highest BCUT2D eigenvalue weighted by molar-refractivity contribution is 5.76. The van der Waals surface area contributed by atoms with E-state index in [2.05, 4.69) is 17.6 Å². The van der Waals surface area contributed by atoms with E-state index in [9.17, 15) is 4.79 Å². The minimum atomic E-state index is 0.0589. The summed E-state index contributed by atoms with van der Waals surface area (Å²) in [7, 11) is 3.53. The molecule has 1 aromatic rings. The van der Waals surface area contributed by atoms with Gasteiger partial charge in [-0.05, 0) is 32.9 Å². The van der Waals surface area contributed by atoms with Gasteiger partial charge in [-0.25, -0.2) is 0 Å². The Bertz CT molecular complexity index is 486. The number of hydrogen-bond acceptors (Lipinski definition) is 4. The summed E-state index contributed by atoms with van der Waals surface area (Å²) in [6.45, 7) is 2.43. The van der Waals surface area contributed by atoms with Crippen LogP contribution in [0.5, 0.6) is 11.5 Å². The second-order valence-corrected chi connectivity index (χ2v) is 5.35. The molecule has 1 fully saturated rings. The fraction of sp³-hybridized carbons (Fsp3) is 0.562. The molecule has 5 heteroatoms. The number of methoxy groups -OCH3 is 1. The number of rotatable bonds is 8. The number of benzene rings is 1. The number of amides is 1. The summed E-state index contributed by atoms with van der Waals surface area (Å²) in [5.41, 5.74) is 1.06. The molecule has 1 saturated carbocycles. The molecule has 1 atom stereocenters. The molecule has 0 saturated heterocycles. The second-order valence-electron chi connectivity index (χ2n) is 5.35. The van der Waals surface area contributed by atoms with Crippen molar-refractivity contribution in [1.82, 2.24) is 10.6 Å². The lowest BCUT2D eigenvalue weighted by molar-refractivity contribution is -0.121. The van der Waals surface area contributed by atoms with Crippen LogP contribution in [0.2, 0.25) is 0 Å². The maximum atomic E-state index is 11.7. The first-order valence-electron chi connectivity index (χ1n) is 7.41. The molecule has 1 aliphatic carbocycles. The quantitative estimate of drug-likeness (QED) is 0.769. The highest BCUT2D eigenvalue weighted by Crippen LogP contribution is 2.29. The highest BCUT2D eigenvalue weighted by Gasteiger charge is 2.23. The van der Waals surface area contributed by atoms with Crippen molar-refractivity contribution in [3.05, 3.63) is 23.8 Å². The van der Waals surface area contributed by atoms with Crippen LogP contribution in [0.4, 0.5) is 0 Å². The van der Waals surface area contributed by atoms with E-state index in [4.69, 9.17) is 9.47 Å². The molecule has 0 radical (unpaired) electrons. The summed E-state index contributed by atoms with van der Waals surface area (Å²) < 4.78 is 11.0. The Labute approximate surface area is 126 Å². The van der Waals surface area contributed by atoms with Crippen LogP contribution in [0.1, 0.15) is 37.8 Å². The zero-order valence-corrected chi connectivity index (χ0v) is 12.9. The third-order valence-corrected chi connectivity index (χ3v) is 3.65. The average molecular weight is 292 g/mol. The summed E-state index contributed by atoms with van der Waals surface area (Å²) in [5, 5.41) is 6.15. The number of carbonyl (C=O) groups excluding carboxylic acids is 1. The molecule has 1 aromatic carbocycles. The van der Waals surface area contributed by atoms with Gasteiger partial charge in [0, 0.05) is 23.7 Å². The van der Waals surface area contributed by atoms with Crippen molar-refractivity contribution in [2.75, 3.05) is 20.8 Å². The van der Waals surface area contributed by atoms with Gasteiger partial charge in [-0.2, -0.15) is 0 Å². The van der Waals surface area contributed by atoms with E-state index in [0.717, 1.165) is 29.9 Å². The molecular weight excluding hydrogens is 268 g/mol. The zero-order chi connectivity index (χ0) is 15.2.